The van der Waals surface area contributed by atoms with Crippen molar-refractivity contribution in [3.63, 3.8) is 0 Å². The molecule has 3 aromatic rings. The predicted molar refractivity (Wildman–Crippen MR) is 107 cm³/mol. The SMILES string of the molecule is C[C@@H](OC(=O)c1c(F)cccc1Cl)C(=O)Nc1ccccc1-c1ccccc1. The maximum Gasteiger partial charge on any atom is 0.343 e. The molecule has 0 aliphatic carbocycles. The molecule has 142 valence electrons. The van der Waals surface area contributed by atoms with Crippen LogP contribution in [0.15, 0.2) is 72.8 Å². The third kappa shape index (κ3) is 4.38. The van der Waals surface area contributed by atoms with Crippen LogP contribution in [-0.4, -0.2) is 18.0 Å². The van der Waals surface area contributed by atoms with Gasteiger partial charge in [0.15, 0.2) is 6.10 Å². The van der Waals surface area contributed by atoms with Gasteiger partial charge in [0.1, 0.15) is 11.4 Å². The molecule has 1 atom stereocenters. The topological polar surface area (TPSA) is 55.4 Å². The van der Waals surface area contributed by atoms with Gasteiger partial charge in [-0.15, -0.1) is 0 Å². The highest BCUT2D eigenvalue weighted by molar-refractivity contribution is 6.33. The van der Waals surface area contributed by atoms with Crippen LogP contribution in [0.2, 0.25) is 5.02 Å². The second-order valence-corrected chi connectivity index (χ2v) is 6.45. The normalized spacial score (nSPS) is 11.5. The van der Waals surface area contributed by atoms with Gasteiger partial charge in [0, 0.05) is 11.3 Å². The minimum absolute atomic E-state index is 0.0768. The summed E-state index contributed by atoms with van der Waals surface area (Å²) in [6.07, 6.45) is -1.15. The van der Waals surface area contributed by atoms with E-state index in [4.69, 9.17) is 16.3 Å². The lowest BCUT2D eigenvalue weighted by Crippen LogP contribution is -2.30. The number of esters is 1. The maximum atomic E-state index is 13.9. The third-order valence-corrected chi connectivity index (χ3v) is 4.40. The van der Waals surface area contributed by atoms with Crippen LogP contribution in [0.4, 0.5) is 10.1 Å². The highest BCUT2D eigenvalue weighted by atomic mass is 35.5. The predicted octanol–water partition coefficient (Wildman–Crippen LogP) is 5.33. The Morgan fingerprint density at radius 3 is 2.36 bits per heavy atom. The molecular formula is C22H17ClFNO3. The van der Waals surface area contributed by atoms with E-state index in [1.165, 1.54) is 19.1 Å². The Kier molecular flexibility index (Phi) is 6.06. The molecule has 0 bridgehead atoms. The second-order valence-electron chi connectivity index (χ2n) is 6.05. The van der Waals surface area contributed by atoms with Crippen LogP contribution in [0.5, 0.6) is 0 Å². The van der Waals surface area contributed by atoms with Gasteiger partial charge in [-0.1, -0.05) is 66.2 Å². The highest BCUT2D eigenvalue weighted by Crippen LogP contribution is 2.28. The zero-order valence-corrected chi connectivity index (χ0v) is 15.7. The molecule has 28 heavy (non-hydrogen) atoms. The number of hydrogen-bond donors (Lipinski definition) is 1. The second kappa shape index (κ2) is 8.67. The molecule has 0 unspecified atom stereocenters. The third-order valence-electron chi connectivity index (χ3n) is 4.09. The van der Waals surface area contributed by atoms with Gasteiger partial charge in [0.25, 0.3) is 5.91 Å². The molecule has 4 nitrogen and oxygen atoms in total. The summed E-state index contributed by atoms with van der Waals surface area (Å²) in [5.74, 6) is -2.34. The summed E-state index contributed by atoms with van der Waals surface area (Å²) in [6, 6.07) is 20.7. The summed E-state index contributed by atoms with van der Waals surface area (Å²) < 4.78 is 19.0. The van der Waals surface area contributed by atoms with Crippen molar-refractivity contribution >= 4 is 29.2 Å². The Balaban J connectivity index is 1.75. The van der Waals surface area contributed by atoms with Crippen molar-refractivity contribution in [1.29, 1.82) is 0 Å². The average Bonchev–Trinajstić information content (AvgIpc) is 2.69. The Morgan fingerprint density at radius 1 is 0.964 bits per heavy atom. The van der Waals surface area contributed by atoms with Gasteiger partial charge in [0.2, 0.25) is 0 Å². The summed E-state index contributed by atoms with van der Waals surface area (Å²) >= 11 is 5.86. The van der Waals surface area contributed by atoms with Crippen LogP contribution in [0.1, 0.15) is 17.3 Å². The number of para-hydroxylation sites is 1. The zero-order chi connectivity index (χ0) is 20.1. The average molecular weight is 398 g/mol. The molecule has 0 fully saturated rings. The van der Waals surface area contributed by atoms with E-state index < -0.39 is 29.4 Å². The fraction of sp³-hybridized carbons (Fsp3) is 0.0909. The number of anilines is 1. The Hall–Kier alpha value is -3.18. The molecule has 3 rings (SSSR count). The number of carbonyl (C=O) groups is 2. The molecule has 0 aliphatic rings. The fourth-order valence-electron chi connectivity index (χ4n) is 2.66. The summed E-state index contributed by atoms with van der Waals surface area (Å²) in [5, 5.41) is 2.68. The summed E-state index contributed by atoms with van der Waals surface area (Å²) in [6.45, 7) is 1.41. The monoisotopic (exact) mass is 397 g/mol. The van der Waals surface area contributed by atoms with Crippen molar-refractivity contribution in [1.82, 2.24) is 0 Å². The van der Waals surface area contributed by atoms with Gasteiger partial charge >= 0.3 is 5.97 Å². The first-order chi connectivity index (χ1) is 13.5. The van der Waals surface area contributed by atoms with Crippen LogP contribution in [0.25, 0.3) is 11.1 Å². The number of amides is 1. The van der Waals surface area contributed by atoms with E-state index in [0.717, 1.165) is 17.2 Å². The van der Waals surface area contributed by atoms with Crippen LogP contribution >= 0.6 is 11.6 Å². The Labute approximate surface area is 166 Å². The fourth-order valence-corrected chi connectivity index (χ4v) is 2.90. The molecule has 3 aromatic carbocycles. The molecule has 1 N–H and O–H groups in total. The summed E-state index contributed by atoms with van der Waals surface area (Å²) in [7, 11) is 0. The van der Waals surface area contributed by atoms with Crippen LogP contribution in [0.3, 0.4) is 0 Å². The summed E-state index contributed by atoms with van der Waals surface area (Å²) in [5.41, 5.74) is 1.94. The first kappa shape index (κ1) is 19.6. The van der Waals surface area contributed by atoms with Crippen LogP contribution in [0, 0.1) is 5.82 Å². The first-order valence-electron chi connectivity index (χ1n) is 8.57. The first-order valence-corrected chi connectivity index (χ1v) is 8.95. The van der Waals surface area contributed by atoms with E-state index in [-0.39, 0.29) is 5.02 Å². The Bertz CT molecular complexity index is 987. The largest absolute Gasteiger partial charge is 0.449 e. The van der Waals surface area contributed by atoms with Gasteiger partial charge in [0.05, 0.1) is 5.02 Å². The van der Waals surface area contributed by atoms with Gasteiger partial charge in [-0.2, -0.15) is 0 Å². The van der Waals surface area contributed by atoms with Gasteiger partial charge < -0.3 is 10.1 Å². The summed E-state index contributed by atoms with van der Waals surface area (Å²) in [4.78, 5) is 24.7. The quantitative estimate of drug-likeness (QED) is 0.592. The minimum atomic E-state index is -1.15. The molecule has 6 heteroatoms. The molecule has 0 heterocycles. The number of rotatable bonds is 5. The number of nitrogens with one attached hydrogen (secondary N) is 1. The Morgan fingerprint density at radius 2 is 1.64 bits per heavy atom. The highest BCUT2D eigenvalue weighted by Gasteiger charge is 2.23. The van der Waals surface area contributed by atoms with Crippen molar-refractivity contribution in [2.75, 3.05) is 5.32 Å². The molecule has 0 saturated heterocycles. The van der Waals surface area contributed by atoms with Crippen molar-refractivity contribution in [2.24, 2.45) is 0 Å². The minimum Gasteiger partial charge on any atom is -0.449 e. The lowest BCUT2D eigenvalue weighted by molar-refractivity contribution is -0.123. The molecule has 0 aliphatic heterocycles. The zero-order valence-electron chi connectivity index (χ0n) is 15.0. The van der Waals surface area contributed by atoms with E-state index >= 15 is 0 Å². The van der Waals surface area contributed by atoms with E-state index in [2.05, 4.69) is 5.32 Å². The number of carbonyl (C=O) groups excluding carboxylic acids is 2. The van der Waals surface area contributed by atoms with Crippen LogP contribution < -0.4 is 5.32 Å². The number of benzene rings is 3. The van der Waals surface area contributed by atoms with E-state index in [1.54, 1.807) is 12.1 Å². The van der Waals surface area contributed by atoms with Crippen molar-refractivity contribution < 1.29 is 18.7 Å². The lowest BCUT2D eigenvalue weighted by Gasteiger charge is -2.16. The lowest BCUT2D eigenvalue weighted by atomic mass is 10.0. The standard InChI is InChI=1S/C22H17ClFNO3/c1-14(28-22(27)20-17(23)11-7-12-18(20)24)21(26)25-19-13-6-5-10-16(19)15-8-3-2-4-9-15/h2-14H,1H3,(H,25,26)/t14-/m1/s1. The van der Waals surface area contributed by atoms with E-state index in [9.17, 15) is 14.0 Å². The molecule has 0 spiro atoms. The molecular weight excluding hydrogens is 381 g/mol. The molecule has 0 saturated carbocycles. The van der Waals surface area contributed by atoms with Crippen molar-refractivity contribution in [3.05, 3.63) is 89.2 Å². The molecule has 1 amide bonds. The number of hydrogen-bond acceptors (Lipinski definition) is 3. The number of ether oxygens (including phenoxy) is 1. The van der Waals surface area contributed by atoms with Gasteiger partial charge in [-0.05, 0) is 30.7 Å². The maximum absolute atomic E-state index is 13.9. The van der Waals surface area contributed by atoms with Crippen molar-refractivity contribution in [2.45, 2.75) is 13.0 Å². The molecule has 0 radical (unpaired) electrons. The van der Waals surface area contributed by atoms with E-state index in [1.807, 2.05) is 42.5 Å². The van der Waals surface area contributed by atoms with Gasteiger partial charge in [-0.25, -0.2) is 9.18 Å². The van der Waals surface area contributed by atoms with Crippen molar-refractivity contribution in [3.8, 4) is 11.1 Å². The smallest absolute Gasteiger partial charge is 0.343 e. The van der Waals surface area contributed by atoms with E-state index in [0.29, 0.717) is 5.69 Å². The van der Waals surface area contributed by atoms with Gasteiger partial charge in [-0.3, -0.25) is 4.79 Å². The molecule has 0 aromatic heterocycles. The van der Waals surface area contributed by atoms with Crippen LogP contribution in [-0.2, 0) is 9.53 Å². The number of halogens is 2.